The summed E-state index contributed by atoms with van der Waals surface area (Å²) in [5.74, 6) is 2.78. The van der Waals surface area contributed by atoms with Crippen LogP contribution in [-0.2, 0) is 16.2 Å². The predicted octanol–water partition coefficient (Wildman–Crippen LogP) is 13.7. The lowest BCUT2D eigenvalue weighted by molar-refractivity contribution is 0.332. The fourth-order valence-electron chi connectivity index (χ4n) is 8.61. The van der Waals surface area contributed by atoms with Crippen LogP contribution in [0.15, 0.2) is 124 Å². The van der Waals surface area contributed by atoms with Crippen LogP contribution in [0.25, 0.3) is 11.0 Å². The zero-order valence-electron chi connectivity index (χ0n) is 36.6. The molecule has 0 radical (unpaired) electrons. The SMILES string of the molecule is C=C(C)/C=C1\C2=CN(C/C=C/C)C(/C=C(\C(=C)C(C)(C)CC)C(C)C)=CB2c2oc3cc4c(cc3c2N1c1ccc(C(C)(C)C)cc1)C(C)(C)CCC4(C)C. The Hall–Kier alpha value is -4.18. The zero-order valence-corrected chi connectivity index (χ0v) is 36.6. The number of benzene rings is 2. The molecule has 3 heterocycles. The lowest BCUT2D eigenvalue weighted by Crippen LogP contribution is -2.46. The molecule has 4 heteroatoms. The van der Waals surface area contributed by atoms with Crippen LogP contribution in [-0.4, -0.2) is 18.2 Å². The summed E-state index contributed by atoms with van der Waals surface area (Å²) in [6, 6.07) is 14.0. The van der Waals surface area contributed by atoms with E-state index in [1.807, 2.05) is 0 Å². The first kappa shape index (κ1) is 40.5. The number of furan rings is 1. The van der Waals surface area contributed by atoms with E-state index >= 15 is 0 Å². The number of anilines is 2. The lowest BCUT2D eigenvalue weighted by atomic mass is 9.39. The van der Waals surface area contributed by atoms with Gasteiger partial charge in [-0.05, 0) is 130 Å². The first-order valence-electron chi connectivity index (χ1n) is 20.7. The molecule has 0 spiro atoms. The van der Waals surface area contributed by atoms with Crippen molar-refractivity contribution in [3.05, 3.63) is 136 Å². The van der Waals surface area contributed by atoms with E-state index in [-0.39, 0.29) is 28.4 Å². The van der Waals surface area contributed by atoms with Gasteiger partial charge in [0.2, 0.25) is 0 Å². The molecule has 1 aliphatic carbocycles. The summed E-state index contributed by atoms with van der Waals surface area (Å²) in [5, 5.41) is 1.17. The van der Waals surface area contributed by atoms with Crippen LogP contribution in [0.3, 0.4) is 0 Å². The fourth-order valence-corrected chi connectivity index (χ4v) is 8.61. The average Bonchev–Trinajstić information content (AvgIpc) is 3.49. The van der Waals surface area contributed by atoms with E-state index < -0.39 is 0 Å². The second kappa shape index (κ2) is 14.4. The monoisotopic (exact) mass is 735 g/mol. The van der Waals surface area contributed by atoms with Crippen molar-refractivity contribution in [2.24, 2.45) is 11.3 Å². The molecule has 3 nitrogen and oxygen atoms in total. The normalized spacial score (nSPS) is 19.1. The number of fused-ring (bicyclic) bond motifs is 6. The number of nitrogens with zero attached hydrogens (tertiary/aromatic N) is 2. The number of hydrogen-bond donors (Lipinski definition) is 0. The highest BCUT2D eigenvalue weighted by Gasteiger charge is 2.44. The third-order valence-electron chi connectivity index (χ3n) is 12.9. The molecule has 0 amide bonds. The summed E-state index contributed by atoms with van der Waals surface area (Å²) in [5.41, 5.74) is 15.6. The lowest BCUT2D eigenvalue weighted by Gasteiger charge is -2.42. The summed E-state index contributed by atoms with van der Waals surface area (Å²) in [7, 11) is 0. The predicted molar refractivity (Wildman–Crippen MR) is 241 cm³/mol. The van der Waals surface area contributed by atoms with Crippen LogP contribution < -0.4 is 10.6 Å². The van der Waals surface area contributed by atoms with Crippen LogP contribution in [0.1, 0.15) is 133 Å². The Balaban J connectivity index is 1.70. The van der Waals surface area contributed by atoms with Gasteiger partial charge in [-0.25, -0.2) is 0 Å². The maximum atomic E-state index is 7.26. The van der Waals surface area contributed by atoms with Crippen molar-refractivity contribution in [3.8, 4) is 0 Å². The van der Waals surface area contributed by atoms with Gasteiger partial charge in [-0.1, -0.05) is 132 Å². The molecule has 0 atom stereocenters. The molecule has 0 unspecified atom stereocenters. The summed E-state index contributed by atoms with van der Waals surface area (Å²) in [6.45, 7) is 42.0. The van der Waals surface area contributed by atoms with Gasteiger partial charge >= 0.3 is 0 Å². The van der Waals surface area contributed by atoms with Crippen molar-refractivity contribution in [2.45, 2.75) is 132 Å². The summed E-state index contributed by atoms with van der Waals surface area (Å²) in [4.78, 5) is 4.87. The summed E-state index contributed by atoms with van der Waals surface area (Å²) >= 11 is 0. The van der Waals surface area contributed by atoms with Crippen LogP contribution in [0.2, 0.25) is 0 Å². The molecule has 0 N–H and O–H groups in total. The molecule has 2 aliphatic heterocycles. The van der Waals surface area contributed by atoms with Gasteiger partial charge in [0.25, 0.3) is 6.71 Å². The molecule has 1 aromatic heterocycles. The molecule has 6 rings (SSSR count). The van der Waals surface area contributed by atoms with Crippen molar-refractivity contribution in [3.63, 3.8) is 0 Å². The van der Waals surface area contributed by atoms with Gasteiger partial charge in [0.15, 0.2) is 0 Å². The topological polar surface area (TPSA) is 19.6 Å². The number of allylic oxidation sites excluding steroid dienone is 7. The first-order valence-corrected chi connectivity index (χ1v) is 20.7. The van der Waals surface area contributed by atoms with Gasteiger partial charge in [0, 0.05) is 35.2 Å². The largest absolute Gasteiger partial charge is 0.468 e. The number of hydrogen-bond acceptors (Lipinski definition) is 3. The van der Waals surface area contributed by atoms with E-state index in [0.29, 0.717) is 5.92 Å². The first-order chi connectivity index (χ1) is 25.6. The van der Waals surface area contributed by atoms with Gasteiger partial charge in [-0.3, -0.25) is 0 Å². The molecule has 3 aromatic rings. The molecule has 0 bridgehead atoms. The Morgan fingerprint density at radius 1 is 0.964 bits per heavy atom. The van der Waals surface area contributed by atoms with E-state index in [1.54, 1.807) is 0 Å². The molecule has 0 saturated heterocycles. The molecule has 55 heavy (non-hydrogen) atoms. The van der Waals surface area contributed by atoms with E-state index in [2.05, 4.69) is 186 Å². The standard InChI is InChI=1S/C51H67BN2O/c1-17-19-26-53-32-43-44(27-33(3)4)54(37-22-20-36(21-23-37)48(8,9)10)46-40-29-41-42(51(15,16)25-24-50(41,13)14)30-45(40)55-47(46)52(43)31-38(53)28-39(34(5)6)35(7)49(11,12)18-2/h17,19-23,27-32,34H,3,7,18,24-26H2,1-2,4-6,8-16H3/b19-17+,39-28-,44-27+. The van der Waals surface area contributed by atoms with Crippen LogP contribution in [0, 0.1) is 11.3 Å². The third kappa shape index (κ3) is 7.43. The Morgan fingerprint density at radius 3 is 2.13 bits per heavy atom. The molecule has 0 saturated carbocycles. The molecule has 0 fully saturated rings. The van der Waals surface area contributed by atoms with Crippen molar-refractivity contribution < 1.29 is 4.42 Å². The smallest absolute Gasteiger partial charge is 0.289 e. The second-order valence-electron chi connectivity index (χ2n) is 19.8. The Labute approximate surface area is 334 Å². The Kier molecular flexibility index (Phi) is 10.6. The highest BCUT2D eigenvalue weighted by atomic mass is 16.3. The van der Waals surface area contributed by atoms with E-state index in [9.17, 15) is 0 Å². The van der Waals surface area contributed by atoms with E-state index in [1.165, 1.54) is 44.4 Å². The van der Waals surface area contributed by atoms with Crippen LogP contribution in [0.5, 0.6) is 0 Å². The van der Waals surface area contributed by atoms with Gasteiger partial charge in [0.05, 0.1) is 11.3 Å². The quantitative estimate of drug-likeness (QED) is 0.124. The van der Waals surface area contributed by atoms with Gasteiger partial charge < -0.3 is 14.2 Å². The third-order valence-corrected chi connectivity index (χ3v) is 12.9. The van der Waals surface area contributed by atoms with Crippen molar-refractivity contribution in [1.82, 2.24) is 4.90 Å². The Bertz CT molecular complexity index is 2170. The highest BCUT2D eigenvalue weighted by molar-refractivity contribution is 6.86. The molecular weight excluding hydrogens is 667 g/mol. The van der Waals surface area contributed by atoms with Crippen molar-refractivity contribution in [1.29, 1.82) is 0 Å². The zero-order chi connectivity index (χ0) is 40.4. The Morgan fingerprint density at radius 2 is 1.58 bits per heavy atom. The second-order valence-corrected chi connectivity index (χ2v) is 19.8. The minimum atomic E-state index is -0.0925. The van der Waals surface area contributed by atoms with Crippen LogP contribution >= 0.6 is 0 Å². The van der Waals surface area contributed by atoms with Gasteiger partial charge in [-0.15, -0.1) is 0 Å². The minimum Gasteiger partial charge on any atom is -0.468 e. The summed E-state index contributed by atoms with van der Waals surface area (Å²) in [6.07, 6.45) is 14.8. The minimum absolute atomic E-state index is 0.00166. The summed E-state index contributed by atoms with van der Waals surface area (Å²) < 4.78 is 7.26. The van der Waals surface area contributed by atoms with Gasteiger partial charge in [0.1, 0.15) is 5.58 Å². The molecule has 3 aliphatic rings. The van der Waals surface area contributed by atoms with Crippen molar-refractivity contribution in [2.75, 3.05) is 11.4 Å². The molecular formula is C51H67BN2O. The van der Waals surface area contributed by atoms with E-state index in [0.717, 1.165) is 59.7 Å². The maximum Gasteiger partial charge on any atom is 0.289 e. The van der Waals surface area contributed by atoms with E-state index in [4.69, 9.17) is 11.0 Å². The van der Waals surface area contributed by atoms with Crippen molar-refractivity contribution >= 4 is 34.7 Å². The molecule has 290 valence electrons. The highest BCUT2D eigenvalue weighted by Crippen LogP contribution is 2.51. The fraction of sp³-hybridized carbons (Fsp3) is 0.451. The van der Waals surface area contributed by atoms with Gasteiger partial charge in [-0.2, -0.15) is 0 Å². The average molecular weight is 735 g/mol. The maximum absolute atomic E-state index is 7.26. The number of rotatable bonds is 9. The van der Waals surface area contributed by atoms with Crippen LogP contribution in [0.4, 0.5) is 11.4 Å². The molecule has 2 aromatic carbocycles.